The van der Waals surface area contributed by atoms with E-state index in [-0.39, 0.29) is 0 Å². The van der Waals surface area contributed by atoms with Crippen LogP contribution in [0.2, 0.25) is 0 Å². The summed E-state index contributed by atoms with van der Waals surface area (Å²) in [4.78, 5) is 2.33. The minimum atomic E-state index is 0.413. The molecule has 6 heteroatoms. The van der Waals surface area contributed by atoms with E-state index in [0.29, 0.717) is 6.04 Å². The van der Waals surface area contributed by atoms with Crippen molar-refractivity contribution < 1.29 is 0 Å². The Hall–Kier alpha value is -2.86. The maximum absolute atomic E-state index is 4.34. The zero-order chi connectivity index (χ0) is 19.7. The lowest BCUT2D eigenvalue weighted by atomic mass is 10.1. The van der Waals surface area contributed by atoms with Gasteiger partial charge in [0.15, 0.2) is 0 Å². The lowest BCUT2D eigenvalue weighted by molar-refractivity contribution is 0.733. The van der Waals surface area contributed by atoms with Crippen LogP contribution >= 0.6 is 11.8 Å². The molecule has 4 rings (SSSR count). The summed E-state index contributed by atoms with van der Waals surface area (Å²) in [5.41, 5.74) is 6.78. The van der Waals surface area contributed by atoms with E-state index in [2.05, 4.69) is 64.8 Å². The number of anilines is 1. The average molecular weight is 390 g/mol. The molecule has 1 aromatic heterocycles. The number of allylic oxidation sites excluding steroid dienone is 1. The highest BCUT2D eigenvalue weighted by molar-refractivity contribution is 7.99. The monoisotopic (exact) mass is 389 g/mol. The fraction of sp³-hybridized carbons (Fsp3) is 0.227. The first kappa shape index (κ1) is 18.5. The molecular weight excluding hydrogens is 366 g/mol. The van der Waals surface area contributed by atoms with Crippen LogP contribution < -0.4 is 4.90 Å². The summed E-state index contributed by atoms with van der Waals surface area (Å²) in [7, 11) is 0. The Balaban J connectivity index is 1.49. The molecule has 0 saturated carbocycles. The van der Waals surface area contributed by atoms with Crippen molar-refractivity contribution in [1.29, 1.82) is 0 Å². The largest absolute Gasteiger partial charge is 0.342 e. The number of para-hydroxylation sites is 1. The minimum Gasteiger partial charge on any atom is -0.342 e. The lowest BCUT2D eigenvalue weighted by Gasteiger charge is -2.26. The van der Waals surface area contributed by atoms with E-state index in [1.165, 1.54) is 11.3 Å². The van der Waals surface area contributed by atoms with Crippen LogP contribution in [0.3, 0.4) is 0 Å². The van der Waals surface area contributed by atoms with Gasteiger partial charge in [0.2, 0.25) is 5.16 Å². The standard InChI is InChI=1S/C22H23N5S/c1-15(2)18-9-11-20(12-10-18)27-22(23-24-25-27)28-14-17(4)26-16(3)13-19-7-5-6-8-21(19)26/h5-12,16H,1,4,13-14H2,2-3H3. The maximum Gasteiger partial charge on any atom is 0.214 e. The van der Waals surface area contributed by atoms with Crippen molar-refractivity contribution in [3.05, 3.63) is 78.5 Å². The molecule has 142 valence electrons. The molecule has 1 atom stereocenters. The van der Waals surface area contributed by atoms with Crippen molar-refractivity contribution >= 4 is 23.0 Å². The summed E-state index contributed by atoms with van der Waals surface area (Å²) in [6.45, 7) is 12.6. The smallest absolute Gasteiger partial charge is 0.214 e. The van der Waals surface area contributed by atoms with Crippen molar-refractivity contribution in [2.45, 2.75) is 31.5 Å². The van der Waals surface area contributed by atoms with Crippen molar-refractivity contribution in [1.82, 2.24) is 20.2 Å². The quantitative estimate of drug-likeness (QED) is 0.569. The molecular formula is C22H23N5S. The van der Waals surface area contributed by atoms with E-state index in [9.17, 15) is 0 Å². The van der Waals surface area contributed by atoms with Gasteiger partial charge >= 0.3 is 0 Å². The highest BCUT2D eigenvalue weighted by Crippen LogP contribution is 2.35. The number of tetrazole rings is 1. The summed E-state index contributed by atoms with van der Waals surface area (Å²) in [5, 5.41) is 13.0. The number of aromatic nitrogens is 4. The van der Waals surface area contributed by atoms with Crippen molar-refractivity contribution in [3.8, 4) is 5.69 Å². The Kier molecular flexibility index (Phi) is 5.05. The van der Waals surface area contributed by atoms with Gasteiger partial charge in [-0.05, 0) is 60.0 Å². The van der Waals surface area contributed by atoms with E-state index >= 15 is 0 Å². The molecule has 1 aliphatic rings. The zero-order valence-corrected chi connectivity index (χ0v) is 17.0. The van der Waals surface area contributed by atoms with Crippen LogP contribution in [-0.2, 0) is 6.42 Å². The van der Waals surface area contributed by atoms with Crippen LogP contribution in [-0.4, -0.2) is 32.0 Å². The van der Waals surface area contributed by atoms with Gasteiger partial charge < -0.3 is 4.90 Å². The molecule has 1 aliphatic heterocycles. The van der Waals surface area contributed by atoms with Crippen LogP contribution in [0.15, 0.2) is 72.5 Å². The summed E-state index contributed by atoms with van der Waals surface area (Å²) in [6, 6.07) is 17.1. The number of benzene rings is 2. The Morgan fingerprint density at radius 3 is 2.64 bits per heavy atom. The Morgan fingerprint density at radius 1 is 1.14 bits per heavy atom. The fourth-order valence-electron chi connectivity index (χ4n) is 3.58. The third-order valence-electron chi connectivity index (χ3n) is 4.96. The molecule has 2 aromatic carbocycles. The van der Waals surface area contributed by atoms with Gasteiger partial charge in [-0.15, -0.1) is 5.10 Å². The summed E-state index contributed by atoms with van der Waals surface area (Å²) in [6.07, 6.45) is 1.05. The first-order chi connectivity index (χ1) is 13.5. The van der Waals surface area contributed by atoms with Gasteiger partial charge in [-0.25, -0.2) is 0 Å². The summed E-state index contributed by atoms with van der Waals surface area (Å²) in [5.74, 6) is 0.725. The number of hydrogen-bond acceptors (Lipinski definition) is 5. The molecule has 0 aliphatic carbocycles. The van der Waals surface area contributed by atoms with Crippen molar-refractivity contribution in [2.75, 3.05) is 10.7 Å². The first-order valence-corrected chi connectivity index (χ1v) is 10.3. The van der Waals surface area contributed by atoms with Gasteiger partial charge in [-0.1, -0.05) is 60.8 Å². The van der Waals surface area contributed by atoms with Gasteiger partial charge in [-0.2, -0.15) is 4.68 Å². The Bertz CT molecular complexity index is 1020. The van der Waals surface area contributed by atoms with Crippen LogP contribution in [0, 0.1) is 0 Å². The molecule has 0 N–H and O–H groups in total. The topological polar surface area (TPSA) is 46.8 Å². The number of rotatable bonds is 6. The predicted octanol–water partition coefficient (Wildman–Crippen LogP) is 4.75. The second kappa shape index (κ2) is 7.64. The van der Waals surface area contributed by atoms with E-state index in [4.69, 9.17) is 0 Å². The Labute approximate surface area is 169 Å². The third kappa shape index (κ3) is 3.47. The van der Waals surface area contributed by atoms with E-state index in [1.54, 1.807) is 16.4 Å². The molecule has 0 spiro atoms. The van der Waals surface area contributed by atoms with Gasteiger partial charge in [-0.3, -0.25) is 0 Å². The van der Waals surface area contributed by atoms with E-state index in [1.807, 2.05) is 31.2 Å². The average Bonchev–Trinajstić information content (AvgIpc) is 3.29. The zero-order valence-electron chi connectivity index (χ0n) is 16.2. The highest BCUT2D eigenvalue weighted by Gasteiger charge is 2.27. The molecule has 0 fully saturated rings. The molecule has 0 amide bonds. The predicted molar refractivity (Wildman–Crippen MR) is 116 cm³/mol. The number of nitrogens with zero attached hydrogens (tertiary/aromatic N) is 5. The molecule has 2 heterocycles. The highest BCUT2D eigenvalue weighted by atomic mass is 32.2. The summed E-state index contributed by atoms with van der Waals surface area (Å²) < 4.78 is 1.77. The van der Waals surface area contributed by atoms with Crippen molar-refractivity contribution in [2.24, 2.45) is 0 Å². The number of hydrogen-bond donors (Lipinski definition) is 0. The SMILES string of the molecule is C=C(C)c1ccc(-n2nnnc2SCC(=C)N2c3ccccc3CC2C)cc1. The van der Waals surface area contributed by atoms with Crippen LogP contribution in [0.1, 0.15) is 25.0 Å². The van der Waals surface area contributed by atoms with Crippen molar-refractivity contribution in [3.63, 3.8) is 0 Å². The third-order valence-corrected chi connectivity index (χ3v) is 5.95. The van der Waals surface area contributed by atoms with Gasteiger partial charge in [0.1, 0.15) is 0 Å². The van der Waals surface area contributed by atoms with E-state index < -0.39 is 0 Å². The second-order valence-corrected chi connectivity index (χ2v) is 8.05. The minimum absolute atomic E-state index is 0.413. The van der Waals surface area contributed by atoms with Gasteiger partial charge in [0, 0.05) is 23.2 Å². The van der Waals surface area contributed by atoms with Gasteiger partial charge in [0.05, 0.1) is 5.69 Å². The fourth-order valence-corrected chi connectivity index (χ4v) is 4.38. The maximum atomic E-state index is 4.34. The lowest BCUT2D eigenvalue weighted by Crippen LogP contribution is -2.29. The second-order valence-electron chi connectivity index (χ2n) is 7.11. The first-order valence-electron chi connectivity index (χ1n) is 9.27. The molecule has 1 unspecified atom stereocenters. The molecule has 0 saturated heterocycles. The molecule has 5 nitrogen and oxygen atoms in total. The van der Waals surface area contributed by atoms with Crippen LogP contribution in [0.4, 0.5) is 5.69 Å². The van der Waals surface area contributed by atoms with Crippen LogP contribution in [0.5, 0.6) is 0 Å². The number of fused-ring (bicyclic) bond motifs is 1. The Morgan fingerprint density at radius 2 is 1.89 bits per heavy atom. The van der Waals surface area contributed by atoms with Crippen LogP contribution in [0.25, 0.3) is 11.3 Å². The molecule has 3 aromatic rings. The molecule has 0 radical (unpaired) electrons. The normalized spacial score (nSPS) is 15.5. The molecule has 0 bridgehead atoms. The molecule has 28 heavy (non-hydrogen) atoms. The van der Waals surface area contributed by atoms with E-state index in [0.717, 1.165) is 39.9 Å². The van der Waals surface area contributed by atoms with Gasteiger partial charge in [0.25, 0.3) is 0 Å². The number of thioether (sulfide) groups is 1. The summed E-state index contributed by atoms with van der Waals surface area (Å²) >= 11 is 1.60.